The molecule has 0 aliphatic rings. The van der Waals surface area contributed by atoms with Gasteiger partial charge in [0.05, 0.1) is 23.0 Å². The van der Waals surface area contributed by atoms with Crippen molar-refractivity contribution in [2.75, 3.05) is 11.1 Å². The number of aryl methyl sites for hydroxylation is 2. The van der Waals surface area contributed by atoms with Crippen molar-refractivity contribution in [1.82, 2.24) is 9.78 Å². The van der Waals surface area contributed by atoms with Crippen molar-refractivity contribution < 1.29 is 0 Å². The van der Waals surface area contributed by atoms with Crippen LogP contribution < -0.4 is 11.1 Å². The molecule has 5 nitrogen and oxygen atoms in total. The van der Waals surface area contributed by atoms with E-state index in [0.29, 0.717) is 11.3 Å². The van der Waals surface area contributed by atoms with Crippen LogP contribution in [0.15, 0.2) is 24.3 Å². The van der Waals surface area contributed by atoms with Crippen molar-refractivity contribution in [3.05, 3.63) is 35.5 Å². The summed E-state index contributed by atoms with van der Waals surface area (Å²) in [6.45, 7) is 1.97. The molecule has 0 unspecified atom stereocenters. The Balaban J connectivity index is 2.28. The number of hydrogen-bond acceptors (Lipinski definition) is 4. The van der Waals surface area contributed by atoms with Crippen molar-refractivity contribution in [2.24, 2.45) is 7.05 Å². The first-order chi connectivity index (χ1) is 8.10. The Morgan fingerprint density at radius 1 is 1.41 bits per heavy atom. The van der Waals surface area contributed by atoms with Gasteiger partial charge >= 0.3 is 0 Å². The van der Waals surface area contributed by atoms with Crippen LogP contribution in [0, 0.1) is 18.3 Å². The van der Waals surface area contributed by atoms with Gasteiger partial charge in [0.1, 0.15) is 0 Å². The van der Waals surface area contributed by atoms with Gasteiger partial charge in [-0.2, -0.15) is 10.4 Å². The summed E-state index contributed by atoms with van der Waals surface area (Å²) in [5.41, 5.74) is 8.73. The molecule has 0 spiro atoms. The average Bonchev–Trinajstić information content (AvgIpc) is 2.61. The molecule has 0 aliphatic heterocycles. The Bertz CT molecular complexity index is 572. The number of nitrogens with one attached hydrogen (secondary N) is 1. The molecule has 0 fully saturated rings. The first-order valence-electron chi connectivity index (χ1n) is 5.17. The van der Waals surface area contributed by atoms with E-state index in [1.54, 1.807) is 22.9 Å². The summed E-state index contributed by atoms with van der Waals surface area (Å²) in [4.78, 5) is 0. The van der Waals surface area contributed by atoms with Crippen molar-refractivity contribution in [3.63, 3.8) is 0 Å². The molecule has 1 heterocycles. The first-order valence-corrected chi connectivity index (χ1v) is 5.17. The largest absolute Gasteiger partial charge is 0.397 e. The fraction of sp³-hybridized carbons (Fsp3) is 0.167. The van der Waals surface area contributed by atoms with Crippen LogP contribution in [0.4, 0.5) is 17.2 Å². The van der Waals surface area contributed by atoms with Crippen LogP contribution in [0.25, 0.3) is 0 Å². The fourth-order valence-electron chi connectivity index (χ4n) is 1.51. The van der Waals surface area contributed by atoms with Gasteiger partial charge in [-0.25, -0.2) is 0 Å². The molecule has 0 aliphatic carbocycles. The maximum absolute atomic E-state index is 8.74. The van der Waals surface area contributed by atoms with Crippen LogP contribution in [0.2, 0.25) is 0 Å². The second kappa shape index (κ2) is 4.18. The normalized spacial score (nSPS) is 9.94. The minimum absolute atomic E-state index is 0.535. The molecule has 0 saturated heterocycles. The third-order valence-corrected chi connectivity index (χ3v) is 2.56. The number of rotatable bonds is 2. The second-order valence-electron chi connectivity index (χ2n) is 3.83. The third-order valence-electron chi connectivity index (χ3n) is 2.56. The number of benzene rings is 1. The number of anilines is 3. The van der Waals surface area contributed by atoms with Gasteiger partial charge in [0.25, 0.3) is 0 Å². The lowest BCUT2D eigenvalue weighted by atomic mass is 10.2. The fourth-order valence-corrected chi connectivity index (χ4v) is 1.51. The Hall–Kier alpha value is -2.48. The Kier molecular flexibility index (Phi) is 2.71. The molecule has 0 saturated carbocycles. The molecule has 0 bridgehead atoms. The van der Waals surface area contributed by atoms with Crippen molar-refractivity contribution in [2.45, 2.75) is 6.92 Å². The van der Waals surface area contributed by atoms with Crippen LogP contribution >= 0.6 is 0 Å². The lowest BCUT2D eigenvalue weighted by Gasteiger charge is -2.06. The van der Waals surface area contributed by atoms with E-state index in [2.05, 4.69) is 10.4 Å². The summed E-state index contributed by atoms with van der Waals surface area (Å²) in [5.74, 6) is 0.737. The van der Waals surface area contributed by atoms with E-state index < -0.39 is 0 Å². The van der Waals surface area contributed by atoms with Gasteiger partial charge < -0.3 is 11.1 Å². The topological polar surface area (TPSA) is 79.7 Å². The van der Waals surface area contributed by atoms with Crippen LogP contribution in [0.3, 0.4) is 0 Å². The Labute approximate surface area is 99.5 Å². The summed E-state index contributed by atoms with van der Waals surface area (Å²) < 4.78 is 1.78. The highest BCUT2D eigenvalue weighted by Crippen LogP contribution is 2.23. The summed E-state index contributed by atoms with van der Waals surface area (Å²) in [5, 5.41) is 16.1. The van der Waals surface area contributed by atoms with Crippen LogP contribution in [-0.2, 0) is 7.05 Å². The lowest BCUT2D eigenvalue weighted by molar-refractivity contribution is 0.743. The first kappa shape index (κ1) is 11.0. The van der Waals surface area contributed by atoms with E-state index in [-0.39, 0.29) is 0 Å². The monoisotopic (exact) mass is 227 g/mol. The average molecular weight is 227 g/mol. The molecule has 86 valence electrons. The summed E-state index contributed by atoms with van der Waals surface area (Å²) >= 11 is 0. The maximum Gasteiger partial charge on any atom is 0.152 e. The third kappa shape index (κ3) is 2.21. The van der Waals surface area contributed by atoms with Crippen molar-refractivity contribution >= 4 is 17.2 Å². The molecule has 0 radical (unpaired) electrons. The SMILES string of the molecule is Cc1cc(Nc2ccc(C#N)cc2N)nn1C. The predicted molar refractivity (Wildman–Crippen MR) is 66.8 cm³/mol. The van der Waals surface area contributed by atoms with Crippen molar-refractivity contribution in [1.29, 1.82) is 5.26 Å². The van der Waals surface area contributed by atoms with Gasteiger partial charge in [0, 0.05) is 18.8 Å². The molecular formula is C12H13N5. The van der Waals surface area contributed by atoms with Gasteiger partial charge in [-0.05, 0) is 25.1 Å². The Morgan fingerprint density at radius 2 is 2.18 bits per heavy atom. The van der Waals surface area contributed by atoms with Crippen LogP contribution in [0.5, 0.6) is 0 Å². The number of nitrogen functional groups attached to an aromatic ring is 1. The van der Waals surface area contributed by atoms with Crippen LogP contribution in [-0.4, -0.2) is 9.78 Å². The molecule has 3 N–H and O–H groups in total. The summed E-state index contributed by atoms with van der Waals surface area (Å²) in [6, 6.07) is 9.10. The van der Waals surface area contributed by atoms with E-state index in [0.717, 1.165) is 17.2 Å². The minimum atomic E-state index is 0.535. The van der Waals surface area contributed by atoms with E-state index in [4.69, 9.17) is 11.0 Å². The zero-order valence-corrected chi connectivity index (χ0v) is 9.73. The van der Waals surface area contributed by atoms with E-state index in [9.17, 15) is 0 Å². The molecule has 1 aromatic carbocycles. The highest BCUT2D eigenvalue weighted by Gasteiger charge is 2.04. The van der Waals surface area contributed by atoms with Gasteiger partial charge in [-0.15, -0.1) is 0 Å². The Morgan fingerprint density at radius 3 is 2.71 bits per heavy atom. The number of aromatic nitrogens is 2. The number of nitrogens with zero attached hydrogens (tertiary/aromatic N) is 3. The quantitative estimate of drug-likeness (QED) is 0.768. The summed E-state index contributed by atoms with van der Waals surface area (Å²) in [6.07, 6.45) is 0. The number of nitriles is 1. The molecule has 5 heteroatoms. The molecule has 1 aromatic heterocycles. The molecular weight excluding hydrogens is 214 g/mol. The summed E-state index contributed by atoms with van der Waals surface area (Å²) in [7, 11) is 1.88. The number of nitrogens with two attached hydrogens (primary N) is 1. The molecule has 0 atom stereocenters. The van der Waals surface area contributed by atoms with Gasteiger partial charge in [-0.1, -0.05) is 0 Å². The zero-order chi connectivity index (χ0) is 12.4. The van der Waals surface area contributed by atoms with Gasteiger partial charge in [0.2, 0.25) is 0 Å². The van der Waals surface area contributed by atoms with Crippen LogP contribution in [0.1, 0.15) is 11.3 Å². The van der Waals surface area contributed by atoms with Crippen molar-refractivity contribution in [3.8, 4) is 6.07 Å². The predicted octanol–water partition coefficient (Wildman–Crippen LogP) is 1.93. The molecule has 0 amide bonds. The van der Waals surface area contributed by atoms with E-state index >= 15 is 0 Å². The molecule has 2 rings (SSSR count). The lowest BCUT2D eigenvalue weighted by Crippen LogP contribution is -1.98. The zero-order valence-electron chi connectivity index (χ0n) is 9.73. The highest BCUT2D eigenvalue weighted by atomic mass is 15.3. The van der Waals surface area contributed by atoms with E-state index in [1.165, 1.54) is 0 Å². The van der Waals surface area contributed by atoms with Gasteiger partial charge in [0.15, 0.2) is 5.82 Å². The standard InChI is InChI=1S/C12H13N5/c1-8-5-12(16-17(8)2)15-11-4-3-9(7-13)6-10(11)14/h3-6H,14H2,1-2H3,(H,15,16). The second-order valence-corrected chi connectivity index (χ2v) is 3.83. The molecule has 2 aromatic rings. The minimum Gasteiger partial charge on any atom is -0.397 e. The van der Waals surface area contributed by atoms with E-state index in [1.807, 2.05) is 26.1 Å². The highest BCUT2D eigenvalue weighted by molar-refractivity contribution is 5.72. The van der Waals surface area contributed by atoms with Gasteiger partial charge in [-0.3, -0.25) is 4.68 Å². The smallest absolute Gasteiger partial charge is 0.152 e. The maximum atomic E-state index is 8.74. The number of hydrogen-bond donors (Lipinski definition) is 2. The molecule has 17 heavy (non-hydrogen) atoms.